The lowest BCUT2D eigenvalue weighted by atomic mass is 10.2. The van der Waals surface area contributed by atoms with Crippen LogP contribution in [0, 0.1) is 0 Å². The first kappa shape index (κ1) is 20.7. The molecule has 1 aromatic carbocycles. The molecule has 1 amide bonds. The smallest absolute Gasteiger partial charge is 0.242 e. The van der Waals surface area contributed by atoms with Gasteiger partial charge in [0.2, 0.25) is 5.91 Å². The van der Waals surface area contributed by atoms with E-state index in [1.807, 2.05) is 41.0 Å². The molecule has 1 N–H and O–H groups in total. The number of benzene rings is 1. The van der Waals surface area contributed by atoms with Gasteiger partial charge in [-0.1, -0.05) is 23.7 Å². The Bertz CT molecular complexity index is 909. The molecule has 0 radical (unpaired) electrons. The van der Waals surface area contributed by atoms with Crippen LogP contribution < -0.4 is 5.32 Å². The van der Waals surface area contributed by atoms with Gasteiger partial charge in [0.25, 0.3) is 0 Å². The number of amides is 1. The summed E-state index contributed by atoms with van der Waals surface area (Å²) in [5, 5.41) is 12.7. The number of carbonyl (C=O) groups is 1. The minimum Gasteiger partial charge on any atom is -0.356 e. The van der Waals surface area contributed by atoms with Crippen molar-refractivity contribution in [3.8, 4) is 0 Å². The molecule has 0 unspecified atom stereocenters. The van der Waals surface area contributed by atoms with Gasteiger partial charge < -0.3 is 19.7 Å². The van der Waals surface area contributed by atoms with Crippen molar-refractivity contribution in [1.82, 2.24) is 29.9 Å². The van der Waals surface area contributed by atoms with Gasteiger partial charge in [0.1, 0.15) is 12.4 Å². The molecular formula is C21H28ClN7O. The van der Waals surface area contributed by atoms with Crippen LogP contribution in [0.1, 0.15) is 37.0 Å². The van der Waals surface area contributed by atoms with Crippen molar-refractivity contribution in [3.05, 3.63) is 46.5 Å². The molecule has 0 spiro atoms. The number of fused-ring (bicyclic) bond motifs is 1. The predicted octanol–water partition coefficient (Wildman–Crippen LogP) is 2.08. The molecule has 160 valence electrons. The summed E-state index contributed by atoms with van der Waals surface area (Å²) in [7, 11) is 0. The van der Waals surface area contributed by atoms with E-state index in [0.29, 0.717) is 31.2 Å². The highest BCUT2D eigenvalue weighted by molar-refractivity contribution is 6.30. The highest BCUT2D eigenvalue weighted by Gasteiger charge is 2.26. The normalized spacial score (nSPS) is 17.3. The van der Waals surface area contributed by atoms with Crippen LogP contribution in [-0.2, 0) is 30.8 Å². The number of aliphatic imine (C=N–C) groups is 1. The van der Waals surface area contributed by atoms with Crippen molar-refractivity contribution in [2.24, 2.45) is 4.99 Å². The maximum atomic E-state index is 12.8. The van der Waals surface area contributed by atoms with E-state index in [2.05, 4.69) is 20.1 Å². The van der Waals surface area contributed by atoms with Crippen LogP contribution in [0.25, 0.3) is 0 Å². The first-order valence-electron chi connectivity index (χ1n) is 10.6. The Labute approximate surface area is 181 Å². The summed E-state index contributed by atoms with van der Waals surface area (Å²) in [4.78, 5) is 21.4. The third-order valence-electron chi connectivity index (χ3n) is 5.55. The van der Waals surface area contributed by atoms with Crippen molar-refractivity contribution >= 4 is 23.5 Å². The molecule has 1 aromatic heterocycles. The number of halogens is 1. The Hall–Kier alpha value is -2.61. The molecule has 2 aliphatic rings. The Balaban J connectivity index is 1.40. The number of nitrogens with one attached hydrogen (secondary N) is 1. The van der Waals surface area contributed by atoms with Gasteiger partial charge >= 0.3 is 0 Å². The first-order chi connectivity index (χ1) is 14.6. The molecule has 0 atom stereocenters. The van der Waals surface area contributed by atoms with Crippen molar-refractivity contribution in [3.63, 3.8) is 0 Å². The fourth-order valence-electron chi connectivity index (χ4n) is 3.92. The van der Waals surface area contributed by atoms with E-state index in [9.17, 15) is 4.79 Å². The lowest BCUT2D eigenvalue weighted by molar-refractivity contribution is -0.135. The molecule has 3 heterocycles. The summed E-state index contributed by atoms with van der Waals surface area (Å²) < 4.78 is 2.19. The van der Waals surface area contributed by atoms with Crippen LogP contribution in [0.15, 0.2) is 29.3 Å². The molecule has 4 rings (SSSR count). The quantitative estimate of drug-likeness (QED) is 0.581. The second-order valence-electron chi connectivity index (χ2n) is 7.67. The van der Waals surface area contributed by atoms with E-state index < -0.39 is 0 Å². The molecule has 0 aliphatic carbocycles. The highest BCUT2D eigenvalue weighted by Crippen LogP contribution is 2.16. The SMILES string of the molecule is CCNC(=NCc1nnc2n1CCCC2)N1CCN(Cc2ccc(Cl)cc2)C(=O)C1. The van der Waals surface area contributed by atoms with Gasteiger partial charge in [0.05, 0.1) is 6.54 Å². The number of aryl methyl sites for hydroxylation is 1. The van der Waals surface area contributed by atoms with E-state index in [1.165, 1.54) is 6.42 Å². The predicted molar refractivity (Wildman–Crippen MR) is 116 cm³/mol. The summed E-state index contributed by atoms with van der Waals surface area (Å²) in [5.41, 5.74) is 1.08. The molecule has 1 fully saturated rings. The number of piperazine rings is 1. The summed E-state index contributed by atoms with van der Waals surface area (Å²) in [6, 6.07) is 7.65. The number of guanidine groups is 1. The standard InChI is InChI=1S/C21H28ClN7O/c1-2-23-21(24-13-19-26-25-18-5-3-4-10-29(18)19)28-12-11-27(20(30)15-28)14-16-6-8-17(22)9-7-16/h6-9H,2-5,10-15H2,1H3,(H,23,24). The summed E-state index contributed by atoms with van der Waals surface area (Å²) in [6.45, 7) is 6.53. The van der Waals surface area contributed by atoms with Crippen molar-refractivity contribution in [2.75, 3.05) is 26.2 Å². The number of hydrogen-bond acceptors (Lipinski definition) is 4. The molecular weight excluding hydrogens is 402 g/mol. The number of aromatic nitrogens is 3. The van der Waals surface area contributed by atoms with Gasteiger partial charge in [0.15, 0.2) is 11.8 Å². The zero-order valence-corrected chi connectivity index (χ0v) is 18.1. The molecule has 0 bridgehead atoms. The van der Waals surface area contributed by atoms with E-state index in [4.69, 9.17) is 16.6 Å². The zero-order valence-electron chi connectivity index (χ0n) is 17.3. The number of carbonyl (C=O) groups excluding carboxylic acids is 1. The Morgan fingerprint density at radius 2 is 2.00 bits per heavy atom. The van der Waals surface area contributed by atoms with Crippen LogP contribution in [0.5, 0.6) is 0 Å². The molecule has 1 saturated heterocycles. The molecule has 2 aromatic rings. The fraction of sp³-hybridized carbons (Fsp3) is 0.524. The van der Waals surface area contributed by atoms with Gasteiger partial charge in [-0.25, -0.2) is 4.99 Å². The third kappa shape index (κ3) is 4.75. The average Bonchev–Trinajstić information content (AvgIpc) is 3.17. The number of hydrogen-bond donors (Lipinski definition) is 1. The third-order valence-corrected chi connectivity index (χ3v) is 5.80. The monoisotopic (exact) mass is 429 g/mol. The summed E-state index contributed by atoms with van der Waals surface area (Å²) in [5.74, 6) is 2.81. The summed E-state index contributed by atoms with van der Waals surface area (Å²) >= 11 is 5.96. The molecule has 9 heteroatoms. The molecule has 30 heavy (non-hydrogen) atoms. The van der Waals surface area contributed by atoms with E-state index in [0.717, 1.165) is 55.6 Å². The van der Waals surface area contributed by atoms with E-state index in [-0.39, 0.29) is 5.91 Å². The van der Waals surface area contributed by atoms with Crippen molar-refractivity contribution in [1.29, 1.82) is 0 Å². The zero-order chi connectivity index (χ0) is 20.9. The topological polar surface area (TPSA) is 78.7 Å². The maximum absolute atomic E-state index is 12.8. The largest absolute Gasteiger partial charge is 0.356 e. The fourth-order valence-corrected chi connectivity index (χ4v) is 4.05. The second-order valence-corrected chi connectivity index (χ2v) is 8.11. The Kier molecular flexibility index (Phi) is 6.52. The second kappa shape index (κ2) is 9.47. The summed E-state index contributed by atoms with van der Waals surface area (Å²) in [6.07, 6.45) is 3.32. The van der Waals surface area contributed by atoms with Crippen LogP contribution >= 0.6 is 11.6 Å². The lowest BCUT2D eigenvalue weighted by Crippen LogP contribution is -2.54. The van der Waals surface area contributed by atoms with Crippen molar-refractivity contribution < 1.29 is 4.79 Å². The van der Waals surface area contributed by atoms with Crippen LogP contribution in [0.3, 0.4) is 0 Å². The van der Waals surface area contributed by atoms with Crippen LogP contribution in [0.2, 0.25) is 5.02 Å². The van der Waals surface area contributed by atoms with Gasteiger partial charge in [0, 0.05) is 44.2 Å². The Morgan fingerprint density at radius 3 is 2.77 bits per heavy atom. The molecule has 2 aliphatic heterocycles. The minimum atomic E-state index is 0.0988. The average molecular weight is 430 g/mol. The van der Waals surface area contributed by atoms with Crippen molar-refractivity contribution in [2.45, 2.75) is 45.8 Å². The van der Waals surface area contributed by atoms with Gasteiger partial charge in [-0.15, -0.1) is 10.2 Å². The van der Waals surface area contributed by atoms with Gasteiger partial charge in [-0.3, -0.25) is 4.79 Å². The van der Waals surface area contributed by atoms with Crippen LogP contribution in [-0.4, -0.2) is 62.6 Å². The van der Waals surface area contributed by atoms with Gasteiger partial charge in [-0.05, 0) is 37.5 Å². The number of rotatable bonds is 5. The van der Waals surface area contributed by atoms with E-state index in [1.54, 1.807) is 0 Å². The molecule has 8 nitrogen and oxygen atoms in total. The highest BCUT2D eigenvalue weighted by atomic mass is 35.5. The van der Waals surface area contributed by atoms with Crippen LogP contribution in [0.4, 0.5) is 0 Å². The first-order valence-corrected chi connectivity index (χ1v) is 11.0. The Morgan fingerprint density at radius 1 is 1.17 bits per heavy atom. The molecule has 0 saturated carbocycles. The minimum absolute atomic E-state index is 0.0988. The maximum Gasteiger partial charge on any atom is 0.242 e. The lowest BCUT2D eigenvalue weighted by Gasteiger charge is -2.36. The number of nitrogens with zero attached hydrogens (tertiary/aromatic N) is 6. The van der Waals surface area contributed by atoms with E-state index >= 15 is 0 Å². The van der Waals surface area contributed by atoms with Gasteiger partial charge in [-0.2, -0.15) is 0 Å².